The van der Waals surface area contributed by atoms with Crippen LogP contribution in [0.3, 0.4) is 0 Å². The van der Waals surface area contributed by atoms with Crippen molar-refractivity contribution in [3.8, 4) is 0 Å². The van der Waals surface area contributed by atoms with Crippen LogP contribution >= 0.6 is 0 Å². The highest BCUT2D eigenvalue weighted by Gasteiger charge is 2.48. The van der Waals surface area contributed by atoms with Gasteiger partial charge in [0.1, 0.15) is 12.5 Å². The van der Waals surface area contributed by atoms with Crippen molar-refractivity contribution in [2.45, 2.75) is 117 Å². The fourth-order valence-electron chi connectivity index (χ4n) is 4.49. The second-order valence-electron chi connectivity index (χ2n) is 8.99. The average molecular weight is 460 g/mol. The predicted molar refractivity (Wildman–Crippen MR) is 121 cm³/mol. The first-order chi connectivity index (χ1) is 15.2. The largest absolute Gasteiger partial charge is 0.465 e. The zero-order valence-electron chi connectivity index (χ0n) is 20.4. The minimum Gasteiger partial charge on any atom is -0.465 e. The molecule has 6 unspecified atom stereocenters. The topological polar surface area (TPSA) is 117 Å². The summed E-state index contributed by atoms with van der Waals surface area (Å²) >= 11 is 0. The number of nitrogens with zero attached hydrogens (tertiary/aromatic N) is 1. The molecule has 0 aromatic carbocycles. The lowest BCUT2D eigenvalue weighted by molar-refractivity contribution is -0.179. The number of rotatable bonds is 15. The monoisotopic (exact) mass is 459 g/mol. The summed E-state index contributed by atoms with van der Waals surface area (Å²) in [7, 11) is 0. The molecule has 188 valence electrons. The second kappa shape index (κ2) is 15.6. The molecule has 0 spiro atoms. The number of aliphatic hydroxyl groups excluding tert-OH is 3. The molecule has 0 aromatic heterocycles. The Bertz CT molecular complexity index is 532. The van der Waals surface area contributed by atoms with Crippen LogP contribution < -0.4 is 0 Å². The standard InChI is InChI=1S/C24H45NO7/c1-5-7-9-11-13-31-23(29)19-15-21(25(17(3)26)18(4)27)22(28)16-20(19)24(30)32-14-12-10-8-6-2/h17-22,26-28H,5-16H2,1-4H3. The number of esters is 2. The second-order valence-corrected chi connectivity index (χ2v) is 8.99. The molecule has 32 heavy (non-hydrogen) atoms. The Balaban J connectivity index is 2.88. The third-order valence-corrected chi connectivity index (χ3v) is 6.26. The molecule has 8 heteroatoms. The van der Waals surface area contributed by atoms with Crippen LogP contribution in [0.5, 0.6) is 0 Å². The first-order valence-corrected chi connectivity index (χ1v) is 12.4. The van der Waals surface area contributed by atoms with E-state index in [9.17, 15) is 24.9 Å². The SMILES string of the molecule is CCCCCCOC(=O)C1CC(O)C(N(C(C)O)C(C)O)CC1C(=O)OCCCCCC. The fraction of sp³-hybridized carbons (Fsp3) is 0.917. The minimum atomic E-state index is -1.03. The van der Waals surface area contributed by atoms with Crippen LogP contribution in [0, 0.1) is 11.8 Å². The molecule has 0 radical (unpaired) electrons. The third kappa shape index (κ3) is 9.33. The maximum atomic E-state index is 12.9. The molecule has 0 amide bonds. The Morgan fingerprint density at radius 1 is 0.812 bits per heavy atom. The fourth-order valence-corrected chi connectivity index (χ4v) is 4.49. The van der Waals surface area contributed by atoms with Gasteiger partial charge >= 0.3 is 11.9 Å². The molecule has 0 heterocycles. The highest BCUT2D eigenvalue weighted by molar-refractivity contribution is 5.82. The zero-order valence-corrected chi connectivity index (χ0v) is 20.4. The van der Waals surface area contributed by atoms with Crippen molar-refractivity contribution in [1.82, 2.24) is 4.90 Å². The molecular formula is C24H45NO7. The molecular weight excluding hydrogens is 414 g/mol. The van der Waals surface area contributed by atoms with Gasteiger partial charge in [-0.2, -0.15) is 0 Å². The van der Waals surface area contributed by atoms with Crippen molar-refractivity contribution < 1.29 is 34.4 Å². The summed E-state index contributed by atoms with van der Waals surface area (Å²) in [6, 6.07) is -0.679. The molecule has 1 saturated carbocycles. The van der Waals surface area contributed by atoms with Crippen LogP contribution in [0.4, 0.5) is 0 Å². The van der Waals surface area contributed by atoms with E-state index in [1.807, 2.05) is 0 Å². The predicted octanol–water partition coefficient (Wildman–Crippen LogP) is 2.97. The van der Waals surface area contributed by atoms with E-state index >= 15 is 0 Å². The van der Waals surface area contributed by atoms with Crippen LogP contribution in [0.1, 0.15) is 91.9 Å². The first kappa shape index (κ1) is 28.8. The molecule has 0 saturated heterocycles. The van der Waals surface area contributed by atoms with Crippen LogP contribution in [-0.2, 0) is 19.1 Å². The van der Waals surface area contributed by atoms with Crippen molar-refractivity contribution >= 4 is 11.9 Å². The molecule has 3 N–H and O–H groups in total. The van der Waals surface area contributed by atoms with Gasteiger partial charge in [0.15, 0.2) is 0 Å². The number of hydrogen-bond donors (Lipinski definition) is 3. The van der Waals surface area contributed by atoms with Crippen molar-refractivity contribution in [2.75, 3.05) is 13.2 Å². The number of carbonyl (C=O) groups is 2. The van der Waals surface area contributed by atoms with E-state index in [4.69, 9.17) is 9.47 Å². The lowest BCUT2D eigenvalue weighted by Crippen LogP contribution is -2.57. The van der Waals surface area contributed by atoms with Crippen molar-refractivity contribution in [3.63, 3.8) is 0 Å². The van der Waals surface area contributed by atoms with Gasteiger partial charge in [0.2, 0.25) is 0 Å². The van der Waals surface area contributed by atoms with Gasteiger partial charge in [0.25, 0.3) is 0 Å². The van der Waals surface area contributed by atoms with Crippen LogP contribution in [0.25, 0.3) is 0 Å². The lowest BCUT2D eigenvalue weighted by atomic mass is 9.74. The normalized spacial score (nSPS) is 25.4. The van der Waals surface area contributed by atoms with Crippen LogP contribution in [-0.4, -0.2) is 70.0 Å². The maximum Gasteiger partial charge on any atom is 0.309 e. The Kier molecular flexibility index (Phi) is 14.0. The Hall–Kier alpha value is -1.22. The summed E-state index contributed by atoms with van der Waals surface area (Å²) in [4.78, 5) is 27.1. The number of carbonyl (C=O) groups excluding carboxylic acids is 2. The highest BCUT2D eigenvalue weighted by atomic mass is 16.5. The summed E-state index contributed by atoms with van der Waals surface area (Å²) in [5, 5.41) is 31.0. The number of unbranched alkanes of at least 4 members (excludes halogenated alkanes) is 6. The first-order valence-electron chi connectivity index (χ1n) is 12.4. The van der Waals surface area contributed by atoms with Gasteiger partial charge < -0.3 is 24.8 Å². The molecule has 6 atom stereocenters. The average Bonchev–Trinajstić information content (AvgIpc) is 2.73. The molecule has 0 aliphatic heterocycles. The van der Waals surface area contributed by atoms with Gasteiger partial charge in [-0.05, 0) is 39.5 Å². The molecule has 1 rings (SSSR count). The van der Waals surface area contributed by atoms with Gasteiger partial charge in [0, 0.05) is 6.04 Å². The van der Waals surface area contributed by atoms with Crippen molar-refractivity contribution in [2.24, 2.45) is 11.8 Å². The molecule has 0 aromatic rings. The lowest BCUT2D eigenvalue weighted by Gasteiger charge is -2.44. The highest BCUT2D eigenvalue weighted by Crippen LogP contribution is 2.36. The van der Waals surface area contributed by atoms with Gasteiger partial charge in [-0.1, -0.05) is 52.4 Å². The van der Waals surface area contributed by atoms with Gasteiger partial charge in [-0.3, -0.25) is 9.59 Å². The van der Waals surface area contributed by atoms with E-state index in [1.54, 1.807) is 0 Å². The maximum absolute atomic E-state index is 12.9. The summed E-state index contributed by atoms with van der Waals surface area (Å²) < 4.78 is 10.9. The van der Waals surface area contributed by atoms with Gasteiger partial charge in [-0.25, -0.2) is 4.90 Å². The Labute approximate surface area is 193 Å². The molecule has 8 nitrogen and oxygen atoms in total. The van der Waals surface area contributed by atoms with Crippen LogP contribution in [0.2, 0.25) is 0 Å². The van der Waals surface area contributed by atoms with E-state index in [1.165, 1.54) is 18.7 Å². The third-order valence-electron chi connectivity index (χ3n) is 6.26. The molecule has 1 aliphatic rings. The smallest absolute Gasteiger partial charge is 0.309 e. The van der Waals surface area contributed by atoms with E-state index in [-0.39, 0.29) is 19.4 Å². The molecule has 1 aliphatic carbocycles. The van der Waals surface area contributed by atoms with Gasteiger partial charge in [0.05, 0.1) is 31.2 Å². The van der Waals surface area contributed by atoms with E-state index in [0.717, 1.165) is 51.4 Å². The minimum absolute atomic E-state index is 0.0179. The Morgan fingerprint density at radius 3 is 1.66 bits per heavy atom. The quantitative estimate of drug-likeness (QED) is 0.194. The van der Waals surface area contributed by atoms with Crippen LogP contribution in [0.15, 0.2) is 0 Å². The van der Waals surface area contributed by atoms with Crippen molar-refractivity contribution in [1.29, 1.82) is 0 Å². The summed E-state index contributed by atoms with van der Waals surface area (Å²) in [6.45, 7) is 7.79. The number of aliphatic hydroxyl groups is 3. The Morgan fingerprint density at radius 2 is 1.25 bits per heavy atom. The van der Waals surface area contributed by atoms with E-state index < -0.39 is 48.4 Å². The summed E-state index contributed by atoms with van der Waals surface area (Å²) in [5.74, 6) is -2.58. The van der Waals surface area contributed by atoms with Gasteiger partial charge in [-0.15, -0.1) is 0 Å². The van der Waals surface area contributed by atoms with E-state index in [2.05, 4.69) is 13.8 Å². The summed E-state index contributed by atoms with van der Waals surface area (Å²) in [5.41, 5.74) is 0. The summed E-state index contributed by atoms with van der Waals surface area (Å²) in [6.07, 6.45) is 4.84. The number of hydrogen-bond acceptors (Lipinski definition) is 8. The van der Waals surface area contributed by atoms with E-state index in [0.29, 0.717) is 6.61 Å². The zero-order chi connectivity index (χ0) is 24.1. The molecule has 1 fully saturated rings. The molecule has 0 bridgehead atoms. The number of ether oxygens (including phenoxy) is 2. The van der Waals surface area contributed by atoms with Crippen molar-refractivity contribution in [3.05, 3.63) is 0 Å².